The van der Waals surface area contributed by atoms with Crippen LogP contribution >= 0.6 is 0 Å². The molecule has 0 aliphatic carbocycles. The number of carbonyl (C=O) groups excluding carboxylic acids is 1. The van der Waals surface area contributed by atoms with Gasteiger partial charge in [-0.2, -0.15) is 0 Å². The van der Waals surface area contributed by atoms with Gasteiger partial charge < -0.3 is 10.0 Å². The zero-order valence-electron chi connectivity index (χ0n) is 13.2. The summed E-state index contributed by atoms with van der Waals surface area (Å²) in [6, 6.07) is 13.8. The summed E-state index contributed by atoms with van der Waals surface area (Å²) in [5, 5.41) is 12.3. The molecule has 4 nitrogen and oxygen atoms in total. The summed E-state index contributed by atoms with van der Waals surface area (Å²) in [4.78, 5) is 19.1. The Bertz CT molecular complexity index is 839. The lowest BCUT2D eigenvalue weighted by molar-refractivity contribution is 0.0724. The molecule has 3 rings (SSSR count). The maximum Gasteiger partial charge on any atom is 0.256 e. The molecule has 1 aromatic heterocycles. The van der Waals surface area contributed by atoms with Crippen LogP contribution in [0.4, 0.5) is 0 Å². The van der Waals surface area contributed by atoms with Crippen molar-refractivity contribution in [1.29, 1.82) is 0 Å². The lowest BCUT2D eigenvalue weighted by atomic mass is 10.00. The van der Waals surface area contributed by atoms with E-state index in [4.69, 9.17) is 0 Å². The minimum atomic E-state index is -0.0737. The second kappa shape index (κ2) is 6.75. The van der Waals surface area contributed by atoms with Gasteiger partial charge in [0.05, 0.1) is 17.7 Å². The van der Waals surface area contributed by atoms with Crippen LogP contribution in [0.3, 0.4) is 0 Å². The molecule has 0 atom stereocenters. The van der Waals surface area contributed by atoms with Gasteiger partial charge >= 0.3 is 0 Å². The molecule has 0 saturated carbocycles. The predicted molar refractivity (Wildman–Crippen MR) is 92.5 cm³/mol. The largest absolute Gasteiger partial charge is 0.395 e. The number of aliphatic hydroxyl groups excluding tert-OH is 1. The van der Waals surface area contributed by atoms with Crippen molar-refractivity contribution >= 4 is 27.6 Å². The molecule has 1 heterocycles. The van der Waals surface area contributed by atoms with E-state index in [1.54, 1.807) is 11.1 Å². The van der Waals surface area contributed by atoms with E-state index >= 15 is 0 Å². The number of carbonyl (C=O) groups is 1. The van der Waals surface area contributed by atoms with E-state index in [1.165, 1.54) is 0 Å². The van der Waals surface area contributed by atoms with Crippen molar-refractivity contribution in [2.45, 2.75) is 13.3 Å². The van der Waals surface area contributed by atoms with Crippen molar-refractivity contribution in [1.82, 2.24) is 9.88 Å². The third kappa shape index (κ3) is 2.90. The molecule has 0 fully saturated rings. The Morgan fingerprint density at radius 3 is 2.70 bits per heavy atom. The van der Waals surface area contributed by atoms with Gasteiger partial charge in [0.25, 0.3) is 5.91 Å². The number of pyridine rings is 1. The molecule has 23 heavy (non-hydrogen) atoms. The molecule has 0 bridgehead atoms. The van der Waals surface area contributed by atoms with E-state index in [1.807, 2.05) is 49.4 Å². The van der Waals surface area contributed by atoms with Gasteiger partial charge in [-0.05, 0) is 29.3 Å². The van der Waals surface area contributed by atoms with Crippen LogP contribution in [0.25, 0.3) is 21.7 Å². The number of aliphatic hydroxyl groups is 1. The quantitative estimate of drug-likeness (QED) is 0.736. The van der Waals surface area contributed by atoms with Crippen LogP contribution in [0, 0.1) is 0 Å². The molecule has 3 aromatic rings. The lowest BCUT2D eigenvalue weighted by Gasteiger charge is -2.22. The van der Waals surface area contributed by atoms with Crippen LogP contribution < -0.4 is 0 Å². The maximum absolute atomic E-state index is 13.0. The topological polar surface area (TPSA) is 53.4 Å². The number of rotatable bonds is 5. The molecule has 118 valence electrons. The standard InChI is InChI=1S/C19H20N2O2/c1-2-10-21(11-12-22)19(23)17-13-14-6-3-4-7-15(14)16-8-5-9-20-18(16)17/h3-9,13,22H,2,10-12H2,1H3. The van der Waals surface area contributed by atoms with Gasteiger partial charge in [-0.3, -0.25) is 9.78 Å². The first-order valence-corrected chi connectivity index (χ1v) is 7.93. The van der Waals surface area contributed by atoms with Gasteiger partial charge in [0.1, 0.15) is 0 Å². The summed E-state index contributed by atoms with van der Waals surface area (Å²) in [7, 11) is 0. The SMILES string of the molecule is CCCN(CCO)C(=O)c1cc2ccccc2c2cccnc12. The zero-order chi connectivity index (χ0) is 16.2. The fourth-order valence-electron chi connectivity index (χ4n) is 2.97. The van der Waals surface area contributed by atoms with Crippen LogP contribution in [0.1, 0.15) is 23.7 Å². The Kier molecular flexibility index (Phi) is 4.53. The Morgan fingerprint density at radius 1 is 1.13 bits per heavy atom. The van der Waals surface area contributed by atoms with Crippen LogP contribution in [0.5, 0.6) is 0 Å². The Balaban J connectivity index is 2.20. The third-order valence-corrected chi connectivity index (χ3v) is 3.99. The van der Waals surface area contributed by atoms with Crippen molar-refractivity contribution in [3.63, 3.8) is 0 Å². The average Bonchev–Trinajstić information content (AvgIpc) is 2.60. The van der Waals surface area contributed by atoms with Crippen LogP contribution in [-0.2, 0) is 0 Å². The summed E-state index contributed by atoms with van der Waals surface area (Å²) >= 11 is 0. The molecule has 2 aromatic carbocycles. The van der Waals surface area contributed by atoms with Crippen molar-refractivity contribution in [2.24, 2.45) is 0 Å². The minimum absolute atomic E-state index is 0.0370. The molecule has 1 amide bonds. The van der Waals surface area contributed by atoms with Crippen molar-refractivity contribution in [3.8, 4) is 0 Å². The van der Waals surface area contributed by atoms with Crippen molar-refractivity contribution < 1.29 is 9.90 Å². The first-order chi connectivity index (χ1) is 11.3. The molecule has 0 aliphatic heterocycles. The summed E-state index contributed by atoms with van der Waals surface area (Å²) in [6.07, 6.45) is 2.56. The summed E-state index contributed by atoms with van der Waals surface area (Å²) in [5.41, 5.74) is 1.32. The summed E-state index contributed by atoms with van der Waals surface area (Å²) < 4.78 is 0. The highest BCUT2D eigenvalue weighted by atomic mass is 16.3. The first kappa shape index (κ1) is 15.4. The van der Waals surface area contributed by atoms with Gasteiger partial charge in [-0.1, -0.05) is 37.3 Å². The van der Waals surface area contributed by atoms with Gasteiger partial charge in [-0.15, -0.1) is 0 Å². The molecule has 0 spiro atoms. The second-order valence-electron chi connectivity index (χ2n) is 5.56. The van der Waals surface area contributed by atoms with Crippen LogP contribution in [0.15, 0.2) is 48.7 Å². The normalized spacial score (nSPS) is 11.0. The number of nitrogens with zero attached hydrogens (tertiary/aromatic N) is 2. The number of hydrogen-bond acceptors (Lipinski definition) is 3. The van der Waals surface area contributed by atoms with Crippen molar-refractivity contribution in [3.05, 3.63) is 54.2 Å². The summed E-state index contributed by atoms with van der Waals surface area (Å²) in [6.45, 7) is 2.95. The lowest BCUT2D eigenvalue weighted by Crippen LogP contribution is -2.34. The Labute approximate surface area is 135 Å². The first-order valence-electron chi connectivity index (χ1n) is 7.93. The molecule has 4 heteroatoms. The highest BCUT2D eigenvalue weighted by molar-refractivity contribution is 6.15. The van der Waals surface area contributed by atoms with E-state index in [0.29, 0.717) is 18.7 Å². The number of amides is 1. The predicted octanol–water partition coefficient (Wildman–Crippen LogP) is 3.23. The Morgan fingerprint density at radius 2 is 1.91 bits per heavy atom. The molecule has 0 radical (unpaired) electrons. The van der Waals surface area contributed by atoms with E-state index in [-0.39, 0.29) is 12.5 Å². The van der Waals surface area contributed by atoms with E-state index < -0.39 is 0 Å². The highest BCUT2D eigenvalue weighted by Crippen LogP contribution is 2.28. The number of aromatic nitrogens is 1. The highest BCUT2D eigenvalue weighted by Gasteiger charge is 2.19. The minimum Gasteiger partial charge on any atom is -0.395 e. The summed E-state index contributed by atoms with van der Waals surface area (Å²) in [5.74, 6) is -0.0737. The fraction of sp³-hybridized carbons (Fsp3) is 0.263. The molecule has 1 N–H and O–H groups in total. The molecule has 0 unspecified atom stereocenters. The maximum atomic E-state index is 13.0. The average molecular weight is 308 g/mol. The van der Waals surface area contributed by atoms with Crippen LogP contribution in [0.2, 0.25) is 0 Å². The Hall–Kier alpha value is -2.46. The zero-order valence-corrected chi connectivity index (χ0v) is 13.2. The number of fused-ring (bicyclic) bond motifs is 3. The molecular weight excluding hydrogens is 288 g/mol. The molecular formula is C19H20N2O2. The van der Waals surface area contributed by atoms with Crippen LogP contribution in [-0.4, -0.2) is 40.6 Å². The van der Waals surface area contributed by atoms with E-state index in [9.17, 15) is 9.90 Å². The van der Waals surface area contributed by atoms with Crippen molar-refractivity contribution in [2.75, 3.05) is 19.7 Å². The van der Waals surface area contributed by atoms with Gasteiger partial charge in [0, 0.05) is 24.7 Å². The monoisotopic (exact) mass is 308 g/mol. The molecule has 0 saturated heterocycles. The third-order valence-electron chi connectivity index (χ3n) is 3.99. The smallest absolute Gasteiger partial charge is 0.256 e. The van der Waals surface area contributed by atoms with Gasteiger partial charge in [-0.25, -0.2) is 0 Å². The van der Waals surface area contributed by atoms with E-state index in [2.05, 4.69) is 4.98 Å². The fourth-order valence-corrected chi connectivity index (χ4v) is 2.97. The van der Waals surface area contributed by atoms with Gasteiger partial charge in [0.15, 0.2) is 0 Å². The van der Waals surface area contributed by atoms with Gasteiger partial charge in [0.2, 0.25) is 0 Å². The molecule has 0 aliphatic rings. The number of hydrogen-bond donors (Lipinski definition) is 1. The van der Waals surface area contributed by atoms with E-state index in [0.717, 1.165) is 28.1 Å². The second-order valence-corrected chi connectivity index (χ2v) is 5.56. The number of benzene rings is 2.